The number of methoxy groups -OCH3 is 1. The van der Waals surface area contributed by atoms with Crippen molar-refractivity contribution in [2.45, 2.75) is 24.3 Å². The van der Waals surface area contributed by atoms with Gasteiger partial charge in [0.15, 0.2) is 0 Å². The average molecular weight is 302 g/mol. The molecule has 0 aromatic heterocycles. The largest absolute Gasteiger partial charge is 0.478 e. The van der Waals surface area contributed by atoms with Crippen molar-refractivity contribution < 1.29 is 23.1 Å². The Kier molecular flexibility index (Phi) is 5.49. The van der Waals surface area contributed by atoms with E-state index in [0.29, 0.717) is 12.3 Å². The molecule has 0 saturated heterocycles. The molecule has 20 heavy (non-hydrogen) atoms. The van der Waals surface area contributed by atoms with E-state index in [0.717, 1.165) is 12.5 Å². The zero-order valence-corrected chi connectivity index (χ0v) is 12.1. The summed E-state index contributed by atoms with van der Waals surface area (Å²) in [7, 11) is -2.39. The summed E-state index contributed by atoms with van der Waals surface area (Å²) in [6, 6.07) is 3.63. The van der Waals surface area contributed by atoms with Gasteiger partial charge < -0.3 is 15.2 Å². The lowest BCUT2D eigenvalue weighted by Crippen LogP contribution is -2.25. The first-order chi connectivity index (χ1) is 9.29. The molecule has 0 spiro atoms. The third-order valence-electron chi connectivity index (χ3n) is 2.77. The Hall–Kier alpha value is -1.64. The van der Waals surface area contributed by atoms with Gasteiger partial charge in [-0.25, -0.2) is 18.4 Å². The first-order valence-electron chi connectivity index (χ1n) is 5.95. The summed E-state index contributed by atoms with van der Waals surface area (Å²) >= 11 is 0. The van der Waals surface area contributed by atoms with Crippen molar-refractivity contribution in [1.82, 2.24) is 0 Å². The van der Waals surface area contributed by atoms with E-state index in [1.807, 2.05) is 6.92 Å². The number of carboxylic acid groups (broad SMARTS) is 1. The number of nitrogens with two attached hydrogens (primary N) is 1. The number of ether oxygens (including phenoxy) is 1. The molecule has 1 atom stereocenters. The Morgan fingerprint density at radius 1 is 1.50 bits per heavy atom. The average Bonchev–Trinajstić information content (AvgIpc) is 2.36. The summed E-state index contributed by atoms with van der Waals surface area (Å²) in [6.07, 6.45) is 0.726. The summed E-state index contributed by atoms with van der Waals surface area (Å²) in [6.45, 7) is 2.34. The molecule has 7 nitrogen and oxygen atoms in total. The molecule has 0 aliphatic rings. The van der Waals surface area contributed by atoms with Crippen molar-refractivity contribution in [3.05, 3.63) is 23.8 Å². The van der Waals surface area contributed by atoms with Gasteiger partial charge in [-0.3, -0.25) is 0 Å². The monoisotopic (exact) mass is 302 g/mol. The lowest BCUT2D eigenvalue weighted by Gasteiger charge is -2.19. The molecule has 0 aliphatic carbocycles. The molecule has 0 aliphatic heterocycles. The Morgan fingerprint density at radius 3 is 2.60 bits per heavy atom. The van der Waals surface area contributed by atoms with Crippen LogP contribution in [-0.2, 0) is 14.8 Å². The molecule has 1 unspecified atom stereocenters. The van der Waals surface area contributed by atoms with Gasteiger partial charge in [-0.15, -0.1) is 0 Å². The molecule has 0 fully saturated rings. The summed E-state index contributed by atoms with van der Waals surface area (Å²) in [4.78, 5) is 11.0. The highest BCUT2D eigenvalue weighted by atomic mass is 32.2. The Morgan fingerprint density at radius 2 is 2.15 bits per heavy atom. The molecule has 1 aromatic rings. The van der Waals surface area contributed by atoms with Crippen LogP contribution in [0.4, 0.5) is 5.69 Å². The maximum absolute atomic E-state index is 11.2. The summed E-state index contributed by atoms with van der Waals surface area (Å²) in [5.74, 6) is -1.23. The maximum Gasteiger partial charge on any atom is 0.337 e. The van der Waals surface area contributed by atoms with Crippen LogP contribution in [-0.4, -0.2) is 39.3 Å². The van der Waals surface area contributed by atoms with Crippen LogP contribution in [0.25, 0.3) is 0 Å². The second kappa shape index (κ2) is 6.69. The van der Waals surface area contributed by atoms with E-state index in [1.165, 1.54) is 12.1 Å². The standard InChI is InChI=1S/C12H18N2O5S/c1-3-8(7-19-2)14-11-5-4-9(20(13,17)18)6-10(11)12(15)16/h4-6,8,14H,3,7H2,1-2H3,(H,15,16)(H2,13,17,18). The number of aromatic carboxylic acids is 1. The van der Waals surface area contributed by atoms with Crippen molar-refractivity contribution >= 4 is 21.7 Å². The summed E-state index contributed by atoms with van der Waals surface area (Å²) in [5, 5.41) is 17.2. The molecule has 0 saturated carbocycles. The zero-order valence-electron chi connectivity index (χ0n) is 11.3. The van der Waals surface area contributed by atoms with Crippen LogP contribution in [0.5, 0.6) is 0 Å². The Labute approximate surface area is 117 Å². The van der Waals surface area contributed by atoms with Gasteiger partial charge in [-0.1, -0.05) is 6.92 Å². The lowest BCUT2D eigenvalue weighted by molar-refractivity contribution is 0.0697. The highest BCUT2D eigenvalue weighted by Gasteiger charge is 2.17. The fourth-order valence-electron chi connectivity index (χ4n) is 1.69. The molecular formula is C12H18N2O5S. The van der Waals surface area contributed by atoms with Crippen molar-refractivity contribution in [3.8, 4) is 0 Å². The second-order valence-electron chi connectivity index (χ2n) is 4.26. The van der Waals surface area contributed by atoms with E-state index in [2.05, 4.69) is 5.32 Å². The van der Waals surface area contributed by atoms with Crippen LogP contribution >= 0.6 is 0 Å². The SMILES string of the molecule is CCC(COC)Nc1ccc(S(N)(=O)=O)cc1C(=O)O. The van der Waals surface area contributed by atoms with Crippen molar-refractivity contribution in [2.75, 3.05) is 19.0 Å². The summed E-state index contributed by atoms with van der Waals surface area (Å²) in [5.41, 5.74) is 0.180. The van der Waals surface area contributed by atoms with Crippen LogP contribution in [0.1, 0.15) is 23.7 Å². The van der Waals surface area contributed by atoms with Gasteiger partial charge in [-0.05, 0) is 24.6 Å². The minimum Gasteiger partial charge on any atom is -0.478 e. The molecule has 112 valence electrons. The van der Waals surface area contributed by atoms with E-state index < -0.39 is 16.0 Å². The highest BCUT2D eigenvalue weighted by Crippen LogP contribution is 2.21. The topological polar surface area (TPSA) is 119 Å². The van der Waals surface area contributed by atoms with Crippen LogP contribution < -0.4 is 10.5 Å². The van der Waals surface area contributed by atoms with Crippen LogP contribution in [0.3, 0.4) is 0 Å². The minimum absolute atomic E-state index is 0.0709. The van der Waals surface area contributed by atoms with Crippen molar-refractivity contribution in [1.29, 1.82) is 0 Å². The molecule has 1 rings (SSSR count). The van der Waals surface area contributed by atoms with Crippen LogP contribution in [0.15, 0.2) is 23.1 Å². The van der Waals surface area contributed by atoms with Gasteiger partial charge in [-0.2, -0.15) is 0 Å². The minimum atomic E-state index is -3.94. The lowest BCUT2D eigenvalue weighted by atomic mass is 10.1. The van der Waals surface area contributed by atoms with Crippen molar-refractivity contribution in [3.63, 3.8) is 0 Å². The third kappa shape index (κ3) is 4.19. The van der Waals surface area contributed by atoms with E-state index in [-0.39, 0.29) is 16.5 Å². The predicted molar refractivity (Wildman–Crippen MR) is 74.4 cm³/mol. The Balaban J connectivity index is 3.17. The molecule has 1 aromatic carbocycles. The van der Waals surface area contributed by atoms with Gasteiger partial charge in [0, 0.05) is 18.8 Å². The molecule has 4 N–H and O–H groups in total. The van der Waals surface area contributed by atoms with Gasteiger partial charge >= 0.3 is 5.97 Å². The third-order valence-corrected chi connectivity index (χ3v) is 3.68. The number of rotatable bonds is 7. The quantitative estimate of drug-likeness (QED) is 0.687. The Bertz CT molecular complexity index is 586. The first kappa shape index (κ1) is 16.4. The molecule has 0 heterocycles. The van der Waals surface area contributed by atoms with Crippen LogP contribution in [0, 0.1) is 0 Å². The second-order valence-corrected chi connectivity index (χ2v) is 5.82. The molecule has 8 heteroatoms. The normalized spacial score (nSPS) is 12.9. The summed E-state index contributed by atoms with van der Waals surface area (Å²) < 4.78 is 27.5. The number of hydrogen-bond acceptors (Lipinski definition) is 5. The van der Waals surface area contributed by atoms with E-state index in [1.54, 1.807) is 7.11 Å². The fraction of sp³-hybridized carbons (Fsp3) is 0.417. The number of nitrogens with one attached hydrogen (secondary N) is 1. The van der Waals surface area contributed by atoms with E-state index >= 15 is 0 Å². The zero-order chi connectivity index (χ0) is 15.3. The molecule has 0 radical (unpaired) electrons. The molecular weight excluding hydrogens is 284 g/mol. The smallest absolute Gasteiger partial charge is 0.337 e. The number of benzene rings is 1. The number of carbonyl (C=O) groups is 1. The predicted octanol–water partition coefficient (Wildman–Crippen LogP) is 0.869. The maximum atomic E-state index is 11.2. The number of sulfonamides is 1. The molecule has 0 amide bonds. The number of hydrogen-bond donors (Lipinski definition) is 3. The fourth-order valence-corrected chi connectivity index (χ4v) is 2.23. The number of carboxylic acids is 1. The number of primary sulfonamides is 1. The number of anilines is 1. The highest BCUT2D eigenvalue weighted by molar-refractivity contribution is 7.89. The van der Waals surface area contributed by atoms with Crippen molar-refractivity contribution in [2.24, 2.45) is 5.14 Å². The van der Waals surface area contributed by atoms with Gasteiger partial charge in [0.1, 0.15) is 0 Å². The van der Waals surface area contributed by atoms with Crippen LogP contribution in [0.2, 0.25) is 0 Å². The molecule has 0 bridgehead atoms. The van der Waals surface area contributed by atoms with E-state index in [9.17, 15) is 13.2 Å². The van der Waals surface area contributed by atoms with E-state index in [4.69, 9.17) is 15.0 Å². The van der Waals surface area contributed by atoms with Gasteiger partial charge in [0.2, 0.25) is 10.0 Å². The van der Waals surface area contributed by atoms with Gasteiger partial charge in [0.25, 0.3) is 0 Å². The first-order valence-corrected chi connectivity index (χ1v) is 7.49. The van der Waals surface area contributed by atoms with Gasteiger partial charge in [0.05, 0.1) is 17.1 Å².